The van der Waals surface area contributed by atoms with Gasteiger partial charge in [0.2, 0.25) is 0 Å². The third kappa shape index (κ3) is 3.49. The molecular weight excluding hydrogens is 282 g/mol. The molecule has 1 aliphatic carbocycles. The number of nitrogens with zero attached hydrogens (tertiary/aromatic N) is 1. The van der Waals surface area contributed by atoms with Crippen LogP contribution >= 0.6 is 0 Å². The SMILES string of the molecule is CCOC1CC(N)C1NS(=O)(=O)N1CC(C)OC(C)C1. The van der Waals surface area contributed by atoms with Crippen LogP contribution in [-0.4, -0.2) is 62.8 Å². The normalized spacial score (nSPS) is 39.5. The van der Waals surface area contributed by atoms with Crippen LogP contribution in [0.15, 0.2) is 0 Å². The van der Waals surface area contributed by atoms with Crippen LogP contribution in [0.3, 0.4) is 0 Å². The van der Waals surface area contributed by atoms with Gasteiger partial charge in [0.15, 0.2) is 0 Å². The van der Waals surface area contributed by atoms with E-state index in [-0.39, 0.29) is 30.4 Å². The first-order valence-electron chi connectivity index (χ1n) is 7.13. The van der Waals surface area contributed by atoms with Crippen molar-refractivity contribution in [2.75, 3.05) is 19.7 Å². The molecule has 3 N–H and O–H groups in total. The quantitative estimate of drug-likeness (QED) is 0.710. The average molecular weight is 307 g/mol. The van der Waals surface area contributed by atoms with Crippen molar-refractivity contribution in [1.82, 2.24) is 9.03 Å². The molecule has 1 aliphatic heterocycles. The lowest BCUT2D eigenvalue weighted by Gasteiger charge is -2.43. The Morgan fingerprint density at radius 1 is 1.35 bits per heavy atom. The molecule has 0 spiro atoms. The van der Waals surface area contributed by atoms with Crippen LogP contribution in [0.5, 0.6) is 0 Å². The third-order valence-corrected chi connectivity index (χ3v) is 5.31. The Labute approximate surface area is 121 Å². The molecule has 118 valence electrons. The lowest BCUT2D eigenvalue weighted by molar-refractivity contribution is -0.0464. The predicted molar refractivity (Wildman–Crippen MR) is 75.4 cm³/mol. The van der Waals surface area contributed by atoms with Gasteiger partial charge in [-0.15, -0.1) is 0 Å². The van der Waals surface area contributed by atoms with E-state index in [0.29, 0.717) is 26.1 Å². The molecule has 5 unspecified atom stereocenters. The maximum absolute atomic E-state index is 12.4. The number of nitrogens with one attached hydrogen (secondary N) is 1. The first-order valence-corrected chi connectivity index (χ1v) is 8.57. The molecular formula is C12H25N3O4S. The van der Waals surface area contributed by atoms with E-state index in [9.17, 15) is 8.42 Å². The second-order valence-corrected chi connectivity index (χ2v) is 7.32. The van der Waals surface area contributed by atoms with Gasteiger partial charge < -0.3 is 15.2 Å². The topological polar surface area (TPSA) is 93.9 Å². The average Bonchev–Trinajstić information content (AvgIpc) is 2.35. The Morgan fingerprint density at radius 3 is 2.45 bits per heavy atom. The van der Waals surface area contributed by atoms with Crippen molar-refractivity contribution in [1.29, 1.82) is 0 Å². The van der Waals surface area contributed by atoms with E-state index in [4.69, 9.17) is 15.2 Å². The van der Waals surface area contributed by atoms with E-state index >= 15 is 0 Å². The Kier molecular flexibility index (Phi) is 5.04. The van der Waals surface area contributed by atoms with Gasteiger partial charge in [-0.25, -0.2) is 0 Å². The van der Waals surface area contributed by atoms with Gasteiger partial charge in [-0.3, -0.25) is 0 Å². The summed E-state index contributed by atoms with van der Waals surface area (Å²) >= 11 is 0. The highest BCUT2D eigenvalue weighted by molar-refractivity contribution is 7.87. The molecule has 7 nitrogen and oxygen atoms in total. The smallest absolute Gasteiger partial charge is 0.280 e. The highest BCUT2D eigenvalue weighted by atomic mass is 32.2. The first-order chi connectivity index (χ1) is 9.33. The van der Waals surface area contributed by atoms with E-state index in [1.54, 1.807) is 0 Å². The number of hydrogen-bond donors (Lipinski definition) is 2. The zero-order valence-electron chi connectivity index (χ0n) is 12.3. The molecule has 0 amide bonds. The van der Waals surface area contributed by atoms with Crippen molar-refractivity contribution in [3.8, 4) is 0 Å². The Morgan fingerprint density at radius 2 is 1.95 bits per heavy atom. The third-order valence-electron chi connectivity index (χ3n) is 3.76. The van der Waals surface area contributed by atoms with E-state index in [0.717, 1.165) is 0 Å². The molecule has 0 radical (unpaired) electrons. The molecule has 0 aromatic carbocycles. The minimum Gasteiger partial charge on any atom is -0.377 e. The van der Waals surface area contributed by atoms with Crippen LogP contribution in [0.1, 0.15) is 27.2 Å². The summed E-state index contributed by atoms with van der Waals surface area (Å²) in [5.74, 6) is 0. The summed E-state index contributed by atoms with van der Waals surface area (Å²) in [7, 11) is -3.55. The van der Waals surface area contributed by atoms with Crippen LogP contribution in [0.2, 0.25) is 0 Å². The summed E-state index contributed by atoms with van der Waals surface area (Å²) in [5.41, 5.74) is 5.88. The highest BCUT2D eigenvalue weighted by Crippen LogP contribution is 2.24. The summed E-state index contributed by atoms with van der Waals surface area (Å²) in [6.07, 6.45) is 0.360. The van der Waals surface area contributed by atoms with Gasteiger partial charge >= 0.3 is 0 Å². The summed E-state index contributed by atoms with van der Waals surface area (Å²) < 4.78 is 40.0. The monoisotopic (exact) mass is 307 g/mol. The van der Waals surface area contributed by atoms with E-state index in [2.05, 4.69) is 4.72 Å². The molecule has 0 aromatic rings. The summed E-state index contributed by atoms with van der Waals surface area (Å²) in [4.78, 5) is 0. The minimum absolute atomic E-state index is 0.104. The zero-order chi connectivity index (χ0) is 14.9. The first kappa shape index (κ1) is 16.1. The van der Waals surface area contributed by atoms with Crippen LogP contribution in [0, 0.1) is 0 Å². The largest absolute Gasteiger partial charge is 0.377 e. The second-order valence-electron chi connectivity index (χ2n) is 5.62. The zero-order valence-corrected chi connectivity index (χ0v) is 13.1. The number of ether oxygens (including phenoxy) is 2. The highest BCUT2D eigenvalue weighted by Gasteiger charge is 2.43. The van der Waals surface area contributed by atoms with Crippen LogP contribution < -0.4 is 10.5 Å². The number of morpholine rings is 1. The molecule has 1 heterocycles. The number of rotatable bonds is 5. The lowest BCUT2D eigenvalue weighted by atomic mass is 9.84. The molecule has 2 aliphatic rings. The van der Waals surface area contributed by atoms with E-state index < -0.39 is 10.2 Å². The van der Waals surface area contributed by atoms with Crippen molar-refractivity contribution in [2.45, 2.75) is 57.6 Å². The van der Waals surface area contributed by atoms with E-state index in [1.165, 1.54) is 4.31 Å². The van der Waals surface area contributed by atoms with Crippen molar-refractivity contribution in [3.05, 3.63) is 0 Å². The Balaban J connectivity index is 1.99. The molecule has 2 rings (SSSR count). The molecule has 5 atom stereocenters. The molecule has 0 aromatic heterocycles. The predicted octanol–water partition coefficient (Wildman–Crippen LogP) is -0.565. The van der Waals surface area contributed by atoms with Gasteiger partial charge in [0.05, 0.1) is 24.4 Å². The van der Waals surface area contributed by atoms with Crippen molar-refractivity contribution >= 4 is 10.2 Å². The van der Waals surface area contributed by atoms with Crippen LogP contribution in [-0.2, 0) is 19.7 Å². The fourth-order valence-corrected chi connectivity index (χ4v) is 4.40. The van der Waals surface area contributed by atoms with Crippen molar-refractivity contribution in [2.24, 2.45) is 5.73 Å². The summed E-state index contributed by atoms with van der Waals surface area (Å²) in [6, 6.07) is -0.523. The number of hydrogen-bond acceptors (Lipinski definition) is 5. The summed E-state index contributed by atoms with van der Waals surface area (Å²) in [5, 5.41) is 0. The van der Waals surface area contributed by atoms with Crippen molar-refractivity contribution in [3.63, 3.8) is 0 Å². The standard InChI is InChI=1S/C12H25N3O4S/c1-4-18-11-5-10(13)12(11)14-20(16,17)15-6-8(2)19-9(3)7-15/h8-12,14H,4-7,13H2,1-3H3. The van der Waals surface area contributed by atoms with Gasteiger partial charge in [0.1, 0.15) is 0 Å². The fourth-order valence-electron chi connectivity index (χ4n) is 2.76. The maximum Gasteiger partial charge on any atom is 0.280 e. The molecule has 20 heavy (non-hydrogen) atoms. The molecule has 0 bridgehead atoms. The molecule has 1 saturated carbocycles. The van der Waals surface area contributed by atoms with Gasteiger partial charge in [-0.2, -0.15) is 17.4 Å². The Hall–Kier alpha value is -0.250. The van der Waals surface area contributed by atoms with Crippen LogP contribution in [0.4, 0.5) is 0 Å². The van der Waals surface area contributed by atoms with Gasteiger partial charge in [-0.05, 0) is 27.2 Å². The molecule has 1 saturated heterocycles. The minimum atomic E-state index is -3.55. The van der Waals surface area contributed by atoms with Gasteiger partial charge in [0, 0.05) is 25.7 Å². The fraction of sp³-hybridized carbons (Fsp3) is 1.00. The van der Waals surface area contributed by atoms with E-state index in [1.807, 2.05) is 20.8 Å². The summed E-state index contributed by atoms with van der Waals surface area (Å²) in [6.45, 7) is 6.91. The van der Waals surface area contributed by atoms with Crippen molar-refractivity contribution < 1.29 is 17.9 Å². The lowest BCUT2D eigenvalue weighted by Crippen LogP contribution is -2.67. The van der Waals surface area contributed by atoms with Gasteiger partial charge in [-0.1, -0.05) is 0 Å². The maximum atomic E-state index is 12.4. The Bertz CT molecular complexity index is 418. The van der Waals surface area contributed by atoms with Crippen LogP contribution in [0.25, 0.3) is 0 Å². The molecule has 2 fully saturated rings. The second kappa shape index (κ2) is 6.25. The van der Waals surface area contributed by atoms with Gasteiger partial charge in [0.25, 0.3) is 10.2 Å². The number of nitrogens with two attached hydrogens (primary N) is 1. The molecule has 8 heteroatoms.